The highest BCUT2D eigenvalue weighted by Crippen LogP contribution is 2.32. The summed E-state index contributed by atoms with van der Waals surface area (Å²) in [4.78, 5) is 15.1. The van der Waals surface area contributed by atoms with Gasteiger partial charge in [-0.3, -0.25) is 9.52 Å². The lowest BCUT2D eigenvalue weighted by Crippen LogP contribution is -2.40. The summed E-state index contributed by atoms with van der Waals surface area (Å²) in [5.41, 5.74) is 0.0605. The quantitative estimate of drug-likeness (QED) is 0.330. The standard InChI is InChI=1S/C27H36F2N4O6S2/c1-26(2,3)32-40(36,37)21-8-6-7-19(15-21)30-25(35)22-10-9-20(31-41(38,39)27(4,5)17-34)16-23(22)33-13-11-18(12-14-33)24(28)29/h6-10,15-16,31-32,34H,11-14,17H2,1-5H3,(H,30,35). The molecule has 4 N–H and O–H groups in total. The number of halogens is 2. The first kappa shape index (κ1) is 32.4. The molecule has 0 aromatic heterocycles. The van der Waals surface area contributed by atoms with Gasteiger partial charge in [0.25, 0.3) is 12.0 Å². The summed E-state index contributed by atoms with van der Waals surface area (Å²) in [6, 6.07) is 9.94. The minimum absolute atomic E-state index is 0.0238. The van der Waals surface area contributed by atoms with Crippen LogP contribution in [-0.4, -0.2) is 57.8 Å². The maximum Gasteiger partial charge on any atom is 0.269 e. The summed E-state index contributed by atoms with van der Waals surface area (Å²) in [6.07, 6.45) is -1.60. The van der Waals surface area contributed by atoms with Crippen molar-refractivity contribution in [2.75, 3.05) is 34.6 Å². The number of hydrogen-bond acceptors (Lipinski definition) is 7. The first-order valence-electron chi connectivity index (χ1n) is 12.9. The lowest BCUT2D eigenvalue weighted by atomic mass is 10.0. The summed E-state index contributed by atoms with van der Waals surface area (Å²) < 4.78 is 81.0. The number of sulfonamides is 2. The molecule has 1 aliphatic heterocycles. The first-order chi connectivity index (χ1) is 18.8. The predicted octanol–water partition coefficient (Wildman–Crippen LogP) is 4.28. The minimum atomic E-state index is -4.03. The Balaban J connectivity index is 1.97. The van der Waals surface area contributed by atoms with Crippen LogP contribution in [0.1, 0.15) is 57.8 Å². The maximum absolute atomic E-state index is 13.4. The van der Waals surface area contributed by atoms with Crippen LogP contribution in [0.2, 0.25) is 0 Å². The molecule has 1 fully saturated rings. The van der Waals surface area contributed by atoms with Gasteiger partial charge in [0.15, 0.2) is 0 Å². The molecule has 2 aromatic rings. The Kier molecular flexibility index (Phi) is 9.53. The van der Waals surface area contributed by atoms with Gasteiger partial charge in [-0.15, -0.1) is 0 Å². The van der Waals surface area contributed by atoms with Crippen molar-refractivity contribution in [3.63, 3.8) is 0 Å². The molecule has 1 amide bonds. The van der Waals surface area contributed by atoms with Crippen LogP contribution in [0.25, 0.3) is 0 Å². The van der Waals surface area contributed by atoms with E-state index in [0.717, 1.165) is 0 Å². The van der Waals surface area contributed by atoms with E-state index >= 15 is 0 Å². The summed E-state index contributed by atoms with van der Waals surface area (Å²) >= 11 is 0. The van der Waals surface area contributed by atoms with Crippen LogP contribution in [0.15, 0.2) is 59.0 Å². The van der Waals surface area contributed by atoms with Crippen LogP contribution in [0.5, 0.6) is 0 Å². The van der Waals surface area contributed by atoms with E-state index in [4.69, 9.17) is 0 Å². The van der Waals surface area contributed by atoms with Gasteiger partial charge in [0, 0.05) is 24.3 Å². The molecule has 3 rings (SSSR count). The number of anilines is 3. The highest BCUT2D eigenvalue weighted by atomic mass is 32.2. The van der Waals surface area contributed by atoms with Gasteiger partial charge in [-0.2, -0.15) is 8.78 Å². The van der Waals surface area contributed by atoms with Crippen LogP contribution >= 0.6 is 0 Å². The number of amides is 1. The zero-order valence-electron chi connectivity index (χ0n) is 23.6. The van der Waals surface area contributed by atoms with Crippen molar-refractivity contribution in [3.8, 4) is 0 Å². The lowest BCUT2D eigenvalue weighted by molar-refractivity contribution is 0.102. The molecular formula is C27H36F2N4O6S2. The molecule has 41 heavy (non-hydrogen) atoms. The fourth-order valence-corrected chi connectivity index (χ4v) is 6.38. The summed E-state index contributed by atoms with van der Waals surface area (Å²) in [6.45, 7) is 7.51. The van der Waals surface area contributed by atoms with Gasteiger partial charge >= 0.3 is 0 Å². The topological polar surface area (TPSA) is 145 Å². The number of carbonyl (C=O) groups excluding carboxylic acids is 1. The second-order valence-corrected chi connectivity index (χ2v) is 15.4. The summed E-state index contributed by atoms with van der Waals surface area (Å²) in [5, 5.41) is 12.2. The van der Waals surface area contributed by atoms with Crippen LogP contribution in [-0.2, 0) is 20.0 Å². The normalized spacial score (nSPS) is 15.0. The van der Waals surface area contributed by atoms with E-state index in [2.05, 4.69) is 14.8 Å². The van der Waals surface area contributed by atoms with Crippen LogP contribution < -0.4 is 19.7 Å². The molecule has 0 spiro atoms. The van der Waals surface area contributed by atoms with Crippen molar-refractivity contribution in [1.82, 2.24) is 4.72 Å². The molecule has 0 bridgehead atoms. The van der Waals surface area contributed by atoms with Crippen LogP contribution in [0.3, 0.4) is 0 Å². The first-order valence-corrected chi connectivity index (χ1v) is 15.8. The monoisotopic (exact) mass is 614 g/mol. The largest absolute Gasteiger partial charge is 0.395 e. The van der Waals surface area contributed by atoms with Crippen molar-refractivity contribution >= 4 is 43.0 Å². The summed E-state index contributed by atoms with van der Waals surface area (Å²) in [5.74, 6) is -0.610. The Morgan fingerprint density at radius 3 is 2.15 bits per heavy atom. The number of carbonyl (C=O) groups is 1. The lowest BCUT2D eigenvalue weighted by Gasteiger charge is -2.32. The number of hydrogen-bond donors (Lipinski definition) is 4. The van der Waals surface area contributed by atoms with Crippen LogP contribution in [0, 0.1) is 0 Å². The third kappa shape index (κ3) is 8.03. The molecule has 0 radical (unpaired) electrons. The molecule has 0 saturated carbocycles. The van der Waals surface area contributed by atoms with Gasteiger partial charge in [0.05, 0.1) is 28.4 Å². The zero-order chi connectivity index (χ0) is 30.8. The van der Waals surface area contributed by atoms with Gasteiger partial charge in [0.1, 0.15) is 4.75 Å². The molecule has 0 aliphatic carbocycles. The molecular weight excluding hydrogens is 578 g/mol. The zero-order valence-corrected chi connectivity index (χ0v) is 25.2. The molecule has 226 valence electrons. The smallest absolute Gasteiger partial charge is 0.269 e. The van der Waals surface area contributed by atoms with Crippen LogP contribution in [0.4, 0.5) is 25.8 Å². The average molecular weight is 615 g/mol. The number of benzene rings is 2. The van der Waals surface area contributed by atoms with Gasteiger partial charge < -0.3 is 15.3 Å². The number of nitrogens with one attached hydrogen (secondary N) is 3. The molecule has 0 atom stereocenters. The van der Waals surface area contributed by atoms with E-state index in [0.29, 0.717) is 5.69 Å². The van der Waals surface area contributed by atoms with Gasteiger partial charge in [-0.1, -0.05) is 6.07 Å². The Labute approximate surface area is 239 Å². The number of aliphatic hydroxyl groups is 1. The van der Waals surface area contributed by atoms with Crippen molar-refractivity contribution in [3.05, 3.63) is 59.7 Å². The number of aliphatic hydroxyl groups excluding tert-OH is 1. The summed E-state index contributed by atoms with van der Waals surface area (Å²) in [7, 11) is -7.91. The molecule has 1 heterocycles. The van der Waals surface area contributed by atoms with E-state index in [-0.39, 0.29) is 53.3 Å². The predicted molar refractivity (Wildman–Crippen MR) is 155 cm³/mol. The Morgan fingerprint density at radius 2 is 1.59 bits per heavy atom. The van der Waals surface area contributed by atoms with Crippen molar-refractivity contribution in [1.29, 1.82) is 0 Å². The fraction of sp³-hybridized carbons (Fsp3) is 0.444. The second-order valence-electron chi connectivity index (χ2n) is 11.4. The van der Waals surface area contributed by atoms with E-state index in [1.807, 2.05) is 0 Å². The van der Waals surface area contributed by atoms with Crippen molar-refractivity contribution in [2.45, 2.75) is 62.6 Å². The molecule has 14 heteroatoms. The highest BCUT2D eigenvalue weighted by molar-refractivity contribution is 7.94. The number of piperidine rings is 1. The van der Waals surface area contributed by atoms with E-state index in [1.165, 1.54) is 56.3 Å². The Bertz CT molecular complexity index is 1540. The van der Waals surface area contributed by atoms with E-state index in [9.17, 15) is 35.5 Å². The second kappa shape index (κ2) is 12.0. The molecule has 0 unspecified atom stereocenters. The van der Waals surface area contributed by atoms with E-state index in [1.54, 1.807) is 25.7 Å². The van der Waals surface area contributed by atoms with Gasteiger partial charge in [-0.25, -0.2) is 21.6 Å². The molecule has 10 nitrogen and oxygen atoms in total. The van der Waals surface area contributed by atoms with E-state index < -0.39 is 48.9 Å². The SMILES string of the molecule is CC(C)(C)NS(=O)(=O)c1cccc(NC(=O)c2ccc(NS(=O)(=O)C(C)(C)CO)cc2N2CCC(=C(F)F)CC2)c1. The molecule has 2 aromatic carbocycles. The fourth-order valence-electron chi connectivity index (χ4n) is 4.04. The van der Waals surface area contributed by atoms with Crippen molar-refractivity contribution in [2.24, 2.45) is 0 Å². The van der Waals surface area contributed by atoms with Crippen molar-refractivity contribution < 1.29 is 35.5 Å². The Hall–Kier alpha value is -3.07. The maximum atomic E-state index is 13.4. The third-order valence-corrected chi connectivity index (χ3v) is 10.3. The molecule has 1 saturated heterocycles. The third-order valence-electron chi connectivity index (χ3n) is 6.42. The number of rotatable bonds is 9. The van der Waals surface area contributed by atoms with Gasteiger partial charge in [0.2, 0.25) is 20.0 Å². The number of nitrogens with zero attached hydrogens (tertiary/aromatic N) is 1. The minimum Gasteiger partial charge on any atom is -0.395 e. The van der Waals surface area contributed by atoms with Gasteiger partial charge in [-0.05, 0) is 89.4 Å². The Morgan fingerprint density at radius 1 is 0.951 bits per heavy atom. The average Bonchev–Trinajstić information content (AvgIpc) is 2.87. The highest BCUT2D eigenvalue weighted by Gasteiger charge is 2.34. The molecule has 1 aliphatic rings.